The van der Waals surface area contributed by atoms with E-state index in [9.17, 15) is 9.18 Å². The minimum Gasteiger partial charge on any atom is -0.320 e. The number of hydrogen-bond donors (Lipinski definition) is 1. The van der Waals surface area contributed by atoms with E-state index < -0.39 is 5.82 Å². The number of carbonyl (C=O) groups is 1. The van der Waals surface area contributed by atoms with Gasteiger partial charge in [-0.15, -0.1) is 21.5 Å². The highest BCUT2D eigenvalue weighted by atomic mass is 32.1. The van der Waals surface area contributed by atoms with Gasteiger partial charge in [0, 0.05) is 23.2 Å². The number of nitrogens with zero attached hydrogens (tertiary/aromatic N) is 3. The largest absolute Gasteiger partial charge is 0.320 e. The van der Waals surface area contributed by atoms with Gasteiger partial charge in [-0.25, -0.2) is 4.39 Å². The normalized spacial score (nSPS) is 16.0. The van der Waals surface area contributed by atoms with Gasteiger partial charge < -0.3 is 9.88 Å². The smallest absolute Gasteiger partial charge is 0.276 e. The summed E-state index contributed by atoms with van der Waals surface area (Å²) < 4.78 is 15.5. The number of halogens is 1. The molecule has 0 saturated heterocycles. The molecule has 1 aliphatic rings. The fourth-order valence-electron chi connectivity index (χ4n) is 2.40. The highest BCUT2D eigenvalue weighted by molar-refractivity contribution is 7.07. The van der Waals surface area contributed by atoms with Crippen LogP contribution in [0, 0.1) is 12.7 Å². The second-order valence-electron chi connectivity index (χ2n) is 5.36. The molecule has 0 fully saturated rings. The first-order chi connectivity index (χ1) is 11.1. The average molecular weight is 332 g/mol. The number of anilines is 1. The van der Waals surface area contributed by atoms with Crippen molar-refractivity contribution in [2.24, 2.45) is 10.2 Å². The summed E-state index contributed by atoms with van der Waals surface area (Å²) in [7, 11) is 0. The number of nitrogens with one attached hydrogen (secondary N) is 1. The number of rotatable bonds is 4. The van der Waals surface area contributed by atoms with Crippen LogP contribution in [0.4, 0.5) is 10.1 Å². The van der Waals surface area contributed by atoms with Crippen LogP contribution < -0.4 is 10.1 Å². The molecule has 3 rings (SSSR count). The second kappa shape index (κ2) is 6.45. The molecule has 0 radical (unpaired) electrons. The summed E-state index contributed by atoms with van der Waals surface area (Å²) in [5, 5.41) is 13.0. The Kier molecular flexibility index (Phi) is 4.38. The van der Waals surface area contributed by atoms with Gasteiger partial charge in [0.15, 0.2) is 5.71 Å². The molecule has 0 bridgehead atoms. The molecule has 1 N–H and O–H groups in total. The van der Waals surface area contributed by atoms with Gasteiger partial charge in [0.05, 0.1) is 5.69 Å². The van der Waals surface area contributed by atoms with Crippen molar-refractivity contribution in [2.45, 2.75) is 33.2 Å². The minimum atomic E-state index is -0.405. The Bertz CT molecular complexity index is 850. The lowest BCUT2D eigenvalue weighted by atomic mass is 10.1. The summed E-state index contributed by atoms with van der Waals surface area (Å²) in [4.78, 5) is 12.7. The SMILES string of the molecule is CCCCn1c(C)csc1=NN=C1C(=O)Nc2ccc(F)cc21. The zero-order valence-electron chi connectivity index (χ0n) is 13.0. The fraction of sp³-hybridized carbons (Fsp3) is 0.312. The third-order valence-corrected chi connectivity index (χ3v) is 4.63. The number of aromatic nitrogens is 1. The highest BCUT2D eigenvalue weighted by Crippen LogP contribution is 2.24. The average Bonchev–Trinajstić information content (AvgIpc) is 3.03. The maximum atomic E-state index is 13.4. The van der Waals surface area contributed by atoms with Crippen LogP contribution in [0.15, 0.2) is 33.8 Å². The van der Waals surface area contributed by atoms with E-state index >= 15 is 0 Å². The van der Waals surface area contributed by atoms with E-state index in [-0.39, 0.29) is 11.6 Å². The van der Waals surface area contributed by atoms with Crippen molar-refractivity contribution in [3.05, 3.63) is 45.5 Å². The lowest BCUT2D eigenvalue weighted by Gasteiger charge is -2.03. The molecule has 7 heteroatoms. The number of aryl methyl sites for hydroxylation is 1. The van der Waals surface area contributed by atoms with Crippen molar-refractivity contribution < 1.29 is 9.18 Å². The van der Waals surface area contributed by atoms with E-state index in [1.54, 1.807) is 0 Å². The molecular formula is C16H17FN4OS. The van der Waals surface area contributed by atoms with Crippen molar-refractivity contribution in [3.63, 3.8) is 0 Å². The van der Waals surface area contributed by atoms with E-state index in [0.717, 1.165) is 29.9 Å². The van der Waals surface area contributed by atoms with Gasteiger partial charge in [0.2, 0.25) is 4.80 Å². The van der Waals surface area contributed by atoms with Crippen LogP contribution >= 0.6 is 11.3 Å². The number of carbonyl (C=O) groups excluding carboxylic acids is 1. The predicted octanol–water partition coefficient (Wildman–Crippen LogP) is 3.05. The Hall–Kier alpha value is -2.28. The minimum absolute atomic E-state index is 0.146. The molecule has 2 aromatic rings. The summed E-state index contributed by atoms with van der Waals surface area (Å²) in [6.07, 6.45) is 2.14. The number of amides is 1. The first-order valence-electron chi connectivity index (χ1n) is 7.48. The molecule has 1 aromatic carbocycles. The molecule has 0 spiro atoms. The summed E-state index contributed by atoms with van der Waals surface area (Å²) >= 11 is 1.48. The third-order valence-electron chi connectivity index (χ3n) is 3.66. The van der Waals surface area contributed by atoms with Crippen LogP contribution in [0.1, 0.15) is 31.0 Å². The van der Waals surface area contributed by atoms with E-state index in [2.05, 4.69) is 27.0 Å². The van der Waals surface area contributed by atoms with Crippen molar-refractivity contribution in [2.75, 3.05) is 5.32 Å². The van der Waals surface area contributed by atoms with Crippen LogP contribution in [0.5, 0.6) is 0 Å². The Morgan fingerprint density at radius 1 is 1.35 bits per heavy atom. The fourth-order valence-corrected chi connectivity index (χ4v) is 3.25. The van der Waals surface area contributed by atoms with E-state index in [1.165, 1.54) is 29.5 Å². The summed E-state index contributed by atoms with van der Waals surface area (Å²) in [5.41, 5.74) is 2.27. The van der Waals surface area contributed by atoms with Crippen molar-refractivity contribution in [3.8, 4) is 0 Å². The van der Waals surface area contributed by atoms with Gasteiger partial charge in [-0.1, -0.05) is 13.3 Å². The molecule has 1 amide bonds. The van der Waals surface area contributed by atoms with E-state index in [0.29, 0.717) is 11.3 Å². The first kappa shape index (κ1) is 15.6. The Labute approximate surface area is 137 Å². The summed E-state index contributed by atoms with van der Waals surface area (Å²) in [6.45, 7) is 5.02. The summed E-state index contributed by atoms with van der Waals surface area (Å²) in [6, 6.07) is 4.13. The molecule has 1 aromatic heterocycles. The molecule has 2 heterocycles. The topological polar surface area (TPSA) is 58.8 Å². The number of benzene rings is 1. The van der Waals surface area contributed by atoms with Crippen molar-refractivity contribution in [1.29, 1.82) is 0 Å². The van der Waals surface area contributed by atoms with Crippen LogP contribution in [0.2, 0.25) is 0 Å². The monoisotopic (exact) mass is 332 g/mol. The Balaban J connectivity index is 2.01. The molecule has 0 saturated carbocycles. The van der Waals surface area contributed by atoms with E-state index in [1.807, 2.05) is 12.3 Å². The standard InChI is InChI=1S/C16H17FN4OS/c1-3-4-7-21-10(2)9-23-16(21)20-19-14-12-8-11(17)5-6-13(12)18-15(14)22/h5-6,8-9H,3-4,7H2,1-2H3,(H,18,19,22). The molecule has 23 heavy (non-hydrogen) atoms. The number of fused-ring (bicyclic) bond motifs is 1. The maximum Gasteiger partial charge on any atom is 0.276 e. The zero-order chi connectivity index (χ0) is 16.4. The van der Waals surface area contributed by atoms with Crippen LogP contribution in [0.3, 0.4) is 0 Å². The van der Waals surface area contributed by atoms with Crippen molar-refractivity contribution >= 4 is 28.6 Å². The lowest BCUT2D eigenvalue weighted by molar-refractivity contribution is -0.110. The Morgan fingerprint density at radius 2 is 2.17 bits per heavy atom. The van der Waals surface area contributed by atoms with Gasteiger partial charge in [-0.3, -0.25) is 4.79 Å². The first-order valence-corrected chi connectivity index (χ1v) is 8.36. The molecule has 1 aliphatic heterocycles. The van der Waals surface area contributed by atoms with Gasteiger partial charge in [0.25, 0.3) is 5.91 Å². The van der Waals surface area contributed by atoms with Gasteiger partial charge in [0.1, 0.15) is 5.82 Å². The van der Waals surface area contributed by atoms with Crippen LogP contribution in [-0.2, 0) is 11.3 Å². The highest BCUT2D eigenvalue weighted by Gasteiger charge is 2.26. The predicted molar refractivity (Wildman–Crippen MR) is 89.1 cm³/mol. The molecule has 0 aliphatic carbocycles. The van der Waals surface area contributed by atoms with E-state index in [4.69, 9.17) is 0 Å². The maximum absolute atomic E-state index is 13.4. The Morgan fingerprint density at radius 3 is 2.96 bits per heavy atom. The molecule has 120 valence electrons. The number of unbranched alkanes of at least 4 members (excludes halogenated alkanes) is 1. The molecule has 0 unspecified atom stereocenters. The summed E-state index contributed by atoms with van der Waals surface area (Å²) in [5.74, 6) is -0.763. The lowest BCUT2D eigenvalue weighted by Crippen LogP contribution is -2.18. The third kappa shape index (κ3) is 3.10. The van der Waals surface area contributed by atoms with Gasteiger partial charge >= 0.3 is 0 Å². The van der Waals surface area contributed by atoms with Gasteiger partial charge in [-0.2, -0.15) is 0 Å². The zero-order valence-corrected chi connectivity index (χ0v) is 13.8. The second-order valence-corrected chi connectivity index (χ2v) is 6.19. The van der Waals surface area contributed by atoms with Gasteiger partial charge in [-0.05, 0) is 31.5 Å². The quantitative estimate of drug-likeness (QED) is 0.860. The van der Waals surface area contributed by atoms with Crippen LogP contribution in [0.25, 0.3) is 0 Å². The van der Waals surface area contributed by atoms with Crippen LogP contribution in [-0.4, -0.2) is 16.2 Å². The van der Waals surface area contributed by atoms with Crippen molar-refractivity contribution in [1.82, 2.24) is 4.57 Å². The molecular weight excluding hydrogens is 315 g/mol. The number of thiazole rings is 1. The molecule has 5 nitrogen and oxygen atoms in total. The molecule has 0 atom stereocenters. The number of hydrogen-bond acceptors (Lipinski definition) is 4.